The van der Waals surface area contributed by atoms with Gasteiger partial charge >= 0.3 is 0 Å². The Morgan fingerprint density at radius 1 is 0.920 bits per heavy atom. The highest BCUT2D eigenvalue weighted by Gasteiger charge is 2.20. The van der Waals surface area contributed by atoms with Crippen molar-refractivity contribution in [3.05, 3.63) is 83.9 Å². The summed E-state index contributed by atoms with van der Waals surface area (Å²) >= 11 is 0. The minimum atomic E-state index is -3.64. The number of sulfone groups is 1. The molecule has 128 valence electrons. The Morgan fingerprint density at radius 2 is 1.60 bits per heavy atom. The molecule has 0 aliphatic heterocycles. The van der Waals surface area contributed by atoms with Crippen LogP contribution in [0.5, 0.6) is 11.5 Å². The Kier molecular flexibility index (Phi) is 4.76. The molecule has 0 saturated heterocycles. The summed E-state index contributed by atoms with van der Waals surface area (Å²) in [4.78, 5) is 0.372. The van der Waals surface area contributed by atoms with Crippen LogP contribution in [-0.4, -0.2) is 13.5 Å². The molecule has 0 unspecified atom stereocenters. The molecule has 0 radical (unpaired) electrons. The van der Waals surface area contributed by atoms with Crippen molar-refractivity contribution in [2.75, 3.05) is 0 Å². The average molecular weight is 354 g/mol. The molecular weight excluding hydrogens is 336 g/mol. The van der Waals surface area contributed by atoms with E-state index in [0.717, 1.165) is 5.56 Å². The maximum atomic E-state index is 12.7. The SMILES string of the molecule is Cc1cc(OCc2ccccc2)ccc1S(=O)(=O)c1ccc(O)cc1. The Bertz CT molecular complexity index is 962. The molecule has 0 fully saturated rings. The van der Waals surface area contributed by atoms with Crippen molar-refractivity contribution < 1.29 is 18.3 Å². The predicted molar refractivity (Wildman–Crippen MR) is 95.5 cm³/mol. The van der Waals surface area contributed by atoms with Crippen molar-refractivity contribution in [3.8, 4) is 11.5 Å². The molecule has 3 rings (SSSR count). The van der Waals surface area contributed by atoms with Crippen LogP contribution in [0.4, 0.5) is 0 Å². The van der Waals surface area contributed by atoms with Gasteiger partial charge < -0.3 is 9.84 Å². The monoisotopic (exact) mass is 354 g/mol. The van der Waals surface area contributed by atoms with Crippen LogP contribution < -0.4 is 4.74 Å². The third-order valence-corrected chi connectivity index (χ3v) is 5.76. The minimum absolute atomic E-state index is 0.0281. The van der Waals surface area contributed by atoms with Crippen molar-refractivity contribution in [2.24, 2.45) is 0 Å². The summed E-state index contributed by atoms with van der Waals surface area (Å²) in [5.41, 5.74) is 1.65. The number of rotatable bonds is 5. The summed E-state index contributed by atoms with van der Waals surface area (Å²) < 4.78 is 31.2. The smallest absolute Gasteiger partial charge is 0.206 e. The standard InChI is InChI=1S/C20H18O4S/c1-15-13-18(24-14-16-5-3-2-4-6-16)9-12-20(15)25(22,23)19-10-7-17(21)8-11-19/h2-13,21H,14H2,1H3. The van der Waals surface area contributed by atoms with Gasteiger partial charge in [-0.1, -0.05) is 30.3 Å². The lowest BCUT2D eigenvalue weighted by Crippen LogP contribution is -2.04. The summed E-state index contributed by atoms with van der Waals surface area (Å²) in [5, 5.41) is 9.33. The molecule has 3 aromatic carbocycles. The van der Waals surface area contributed by atoms with Gasteiger partial charge in [-0.05, 0) is 60.5 Å². The van der Waals surface area contributed by atoms with Gasteiger partial charge in [-0.15, -0.1) is 0 Å². The van der Waals surface area contributed by atoms with E-state index in [1.54, 1.807) is 25.1 Å². The first-order valence-corrected chi connectivity index (χ1v) is 9.26. The van der Waals surface area contributed by atoms with Gasteiger partial charge in [0.2, 0.25) is 9.84 Å². The molecule has 5 heteroatoms. The van der Waals surface area contributed by atoms with E-state index in [0.29, 0.717) is 17.9 Å². The van der Waals surface area contributed by atoms with Crippen LogP contribution >= 0.6 is 0 Å². The quantitative estimate of drug-likeness (QED) is 0.749. The Labute approximate surface area is 147 Å². The van der Waals surface area contributed by atoms with Gasteiger partial charge in [-0.2, -0.15) is 0 Å². The number of hydrogen-bond acceptors (Lipinski definition) is 4. The zero-order chi connectivity index (χ0) is 17.9. The van der Waals surface area contributed by atoms with E-state index in [1.165, 1.54) is 24.3 Å². The third kappa shape index (κ3) is 3.83. The van der Waals surface area contributed by atoms with E-state index in [-0.39, 0.29) is 15.5 Å². The lowest BCUT2D eigenvalue weighted by molar-refractivity contribution is 0.306. The molecule has 0 aromatic heterocycles. The van der Waals surface area contributed by atoms with Crippen LogP contribution in [0.15, 0.2) is 82.6 Å². The molecule has 4 nitrogen and oxygen atoms in total. The highest BCUT2D eigenvalue weighted by atomic mass is 32.2. The molecule has 0 amide bonds. The molecule has 0 spiro atoms. The van der Waals surface area contributed by atoms with Crippen molar-refractivity contribution in [3.63, 3.8) is 0 Å². The molecule has 25 heavy (non-hydrogen) atoms. The second-order valence-corrected chi connectivity index (χ2v) is 7.62. The highest BCUT2D eigenvalue weighted by Crippen LogP contribution is 2.28. The van der Waals surface area contributed by atoms with Crippen molar-refractivity contribution in [1.82, 2.24) is 0 Å². The van der Waals surface area contributed by atoms with E-state index in [4.69, 9.17) is 4.74 Å². The number of hydrogen-bond donors (Lipinski definition) is 1. The van der Waals surface area contributed by atoms with Gasteiger partial charge in [0.25, 0.3) is 0 Å². The number of phenolic OH excluding ortho intramolecular Hbond substituents is 1. The lowest BCUT2D eigenvalue weighted by atomic mass is 10.2. The molecule has 0 saturated carbocycles. The number of phenols is 1. The Morgan fingerprint density at radius 3 is 2.24 bits per heavy atom. The summed E-state index contributed by atoms with van der Waals surface area (Å²) in [6.07, 6.45) is 0. The van der Waals surface area contributed by atoms with Crippen LogP contribution in [-0.2, 0) is 16.4 Å². The fourth-order valence-electron chi connectivity index (χ4n) is 2.51. The normalized spacial score (nSPS) is 11.2. The Hall–Kier alpha value is -2.79. The van der Waals surface area contributed by atoms with E-state index in [2.05, 4.69) is 0 Å². The van der Waals surface area contributed by atoms with Gasteiger partial charge in [0.15, 0.2) is 0 Å². The molecule has 0 atom stereocenters. The van der Waals surface area contributed by atoms with Crippen molar-refractivity contribution in [1.29, 1.82) is 0 Å². The van der Waals surface area contributed by atoms with Crippen LogP contribution in [0.3, 0.4) is 0 Å². The molecule has 0 heterocycles. The first kappa shape index (κ1) is 17.0. The van der Waals surface area contributed by atoms with Gasteiger partial charge in [-0.3, -0.25) is 0 Å². The third-order valence-electron chi connectivity index (χ3n) is 3.83. The minimum Gasteiger partial charge on any atom is -0.508 e. The predicted octanol–water partition coefficient (Wildman–Crippen LogP) is 4.11. The van der Waals surface area contributed by atoms with E-state index >= 15 is 0 Å². The second-order valence-electron chi connectivity index (χ2n) is 5.70. The zero-order valence-electron chi connectivity index (χ0n) is 13.7. The topological polar surface area (TPSA) is 63.6 Å². The molecule has 0 bridgehead atoms. The van der Waals surface area contributed by atoms with Gasteiger partial charge in [0.05, 0.1) is 9.79 Å². The molecule has 1 N–H and O–H groups in total. The molecule has 3 aromatic rings. The van der Waals surface area contributed by atoms with Crippen molar-refractivity contribution in [2.45, 2.75) is 23.3 Å². The maximum absolute atomic E-state index is 12.7. The van der Waals surface area contributed by atoms with Gasteiger partial charge in [0, 0.05) is 0 Å². The lowest BCUT2D eigenvalue weighted by Gasteiger charge is -2.11. The van der Waals surface area contributed by atoms with Crippen molar-refractivity contribution >= 4 is 9.84 Å². The number of aryl methyl sites for hydroxylation is 1. The largest absolute Gasteiger partial charge is 0.508 e. The van der Waals surface area contributed by atoms with Gasteiger partial charge in [-0.25, -0.2) is 8.42 Å². The zero-order valence-corrected chi connectivity index (χ0v) is 14.5. The van der Waals surface area contributed by atoms with E-state index in [1.807, 2.05) is 30.3 Å². The van der Waals surface area contributed by atoms with E-state index < -0.39 is 9.84 Å². The summed E-state index contributed by atoms with van der Waals surface area (Å²) in [6.45, 7) is 2.16. The number of aromatic hydroxyl groups is 1. The summed E-state index contributed by atoms with van der Waals surface area (Å²) in [6, 6.07) is 20.2. The van der Waals surface area contributed by atoms with Crippen LogP contribution in [0, 0.1) is 6.92 Å². The van der Waals surface area contributed by atoms with E-state index in [9.17, 15) is 13.5 Å². The molecule has 0 aliphatic rings. The highest BCUT2D eigenvalue weighted by molar-refractivity contribution is 7.91. The fourth-order valence-corrected chi connectivity index (χ4v) is 3.98. The first-order chi connectivity index (χ1) is 12.0. The maximum Gasteiger partial charge on any atom is 0.206 e. The van der Waals surface area contributed by atoms with Gasteiger partial charge in [0.1, 0.15) is 18.1 Å². The second kappa shape index (κ2) is 6.99. The summed E-state index contributed by atoms with van der Waals surface area (Å²) in [5.74, 6) is 0.645. The average Bonchev–Trinajstić information content (AvgIpc) is 2.61. The molecule has 0 aliphatic carbocycles. The summed E-state index contributed by atoms with van der Waals surface area (Å²) in [7, 11) is -3.64. The first-order valence-electron chi connectivity index (χ1n) is 7.78. The van der Waals surface area contributed by atoms with Crippen LogP contribution in [0.1, 0.15) is 11.1 Å². The Balaban J connectivity index is 1.83. The molecular formula is C20H18O4S. The van der Waals surface area contributed by atoms with Crippen LogP contribution in [0.25, 0.3) is 0 Å². The fraction of sp³-hybridized carbons (Fsp3) is 0.100. The number of ether oxygens (including phenoxy) is 1. The number of benzene rings is 3. The van der Waals surface area contributed by atoms with Crippen LogP contribution in [0.2, 0.25) is 0 Å².